The van der Waals surface area contributed by atoms with Crippen LogP contribution in [0, 0.1) is 0 Å². The summed E-state index contributed by atoms with van der Waals surface area (Å²) in [6, 6.07) is 0.423. The molecule has 2 N–H and O–H groups in total. The van der Waals surface area contributed by atoms with Gasteiger partial charge >= 0.3 is 0 Å². The highest BCUT2D eigenvalue weighted by Gasteiger charge is 2.01. The smallest absolute Gasteiger partial charge is 0.107 e. The maximum absolute atomic E-state index is 4.30. The van der Waals surface area contributed by atoms with E-state index in [0.717, 1.165) is 25.3 Å². The van der Waals surface area contributed by atoms with E-state index in [1.54, 1.807) is 6.20 Å². The van der Waals surface area contributed by atoms with Crippen molar-refractivity contribution in [3.8, 4) is 0 Å². The highest BCUT2D eigenvalue weighted by Crippen LogP contribution is 2.04. The van der Waals surface area contributed by atoms with E-state index in [-0.39, 0.29) is 0 Å². The molecule has 2 aromatic heterocycles. The first-order valence-corrected chi connectivity index (χ1v) is 5.97. The van der Waals surface area contributed by atoms with Crippen molar-refractivity contribution in [2.75, 3.05) is 6.54 Å². The van der Waals surface area contributed by atoms with Gasteiger partial charge in [-0.1, -0.05) is 0 Å². The average Bonchev–Trinajstić information content (AvgIpc) is 2.96. The lowest BCUT2D eigenvalue weighted by atomic mass is 10.3. The lowest BCUT2D eigenvalue weighted by Crippen LogP contribution is -2.16. The van der Waals surface area contributed by atoms with E-state index in [1.807, 2.05) is 17.1 Å². The lowest BCUT2D eigenvalue weighted by Gasteiger charge is -2.03. The minimum absolute atomic E-state index is 0.423. The Morgan fingerprint density at radius 3 is 3.00 bits per heavy atom. The minimum atomic E-state index is 0.423. The fourth-order valence-electron chi connectivity index (χ4n) is 1.63. The molecule has 0 aliphatic heterocycles. The molecule has 0 aromatic carbocycles. The molecule has 2 heterocycles. The van der Waals surface area contributed by atoms with Crippen molar-refractivity contribution in [3.05, 3.63) is 36.2 Å². The highest BCUT2D eigenvalue weighted by atomic mass is 15.3. The number of nitrogens with zero attached hydrogens (tertiary/aromatic N) is 3. The third-order valence-electron chi connectivity index (χ3n) is 2.61. The van der Waals surface area contributed by atoms with Gasteiger partial charge in [0.25, 0.3) is 0 Å². The molecule has 0 aliphatic carbocycles. The topological polar surface area (TPSA) is 58.5 Å². The van der Waals surface area contributed by atoms with Gasteiger partial charge in [-0.05, 0) is 13.8 Å². The summed E-state index contributed by atoms with van der Waals surface area (Å²) in [7, 11) is 0. The van der Waals surface area contributed by atoms with Gasteiger partial charge in [0.15, 0.2) is 0 Å². The Morgan fingerprint density at radius 1 is 1.47 bits per heavy atom. The van der Waals surface area contributed by atoms with Gasteiger partial charge in [0, 0.05) is 49.7 Å². The van der Waals surface area contributed by atoms with E-state index in [9.17, 15) is 0 Å². The van der Waals surface area contributed by atoms with Crippen molar-refractivity contribution in [2.45, 2.75) is 32.9 Å². The average molecular weight is 233 g/mol. The Kier molecular flexibility index (Phi) is 3.93. The Labute approximate surface area is 101 Å². The maximum atomic E-state index is 4.30. The van der Waals surface area contributed by atoms with E-state index in [2.05, 4.69) is 40.4 Å². The highest BCUT2D eigenvalue weighted by molar-refractivity contribution is 5.03. The number of rotatable bonds is 6. The van der Waals surface area contributed by atoms with E-state index in [4.69, 9.17) is 0 Å². The molecule has 0 spiro atoms. The monoisotopic (exact) mass is 233 g/mol. The predicted octanol–water partition coefficient (Wildman–Crippen LogP) is 1.52. The van der Waals surface area contributed by atoms with E-state index >= 15 is 0 Å². The number of aromatic nitrogens is 4. The molecule has 92 valence electrons. The fraction of sp³-hybridized carbons (Fsp3) is 0.500. The second-order valence-electron chi connectivity index (χ2n) is 4.38. The fourth-order valence-corrected chi connectivity index (χ4v) is 1.63. The molecular formula is C12H19N5. The first-order chi connectivity index (χ1) is 8.25. The van der Waals surface area contributed by atoms with Crippen LogP contribution in [-0.2, 0) is 13.0 Å². The van der Waals surface area contributed by atoms with E-state index in [1.165, 1.54) is 5.56 Å². The second kappa shape index (κ2) is 5.63. The van der Waals surface area contributed by atoms with Gasteiger partial charge < -0.3 is 10.3 Å². The van der Waals surface area contributed by atoms with Crippen LogP contribution in [0.2, 0.25) is 0 Å². The molecule has 17 heavy (non-hydrogen) atoms. The zero-order valence-corrected chi connectivity index (χ0v) is 10.3. The summed E-state index contributed by atoms with van der Waals surface area (Å²) >= 11 is 0. The number of aromatic amines is 1. The van der Waals surface area contributed by atoms with Crippen LogP contribution in [-0.4, -0.2) is 26.3 Å². The Hall–Kier alpha value is -1.62. The molecule has 0 bridgehead atoms. The third kappa shape index (κ3) is 3.42. The summed E-state index contributed by atoms with van der Waals surface area (Å²) in [5.41, 5.74) is 1.22. The van der Waals surface area contributed by atoms with Gasteiger partial charge in [-0.25, -0.2) is 4.98 Å². The van der Waals surface area contributed by atoms with Crippen molar-refractivity contribution in [1.82, 2.24) is 25.1 Å². The molecule has 5 nitrogen and oxygen atoms in total. The molecule has 0 amide bonds. The summed E-state index contributed by atoms with van der Waals surface area (Å²) in [4.78, 5) is 7.26. The van der Waals surface area contributed by atoms with Gasteiger partial charge in [-0.15, -0.1) is 0 Å². The second-order valence-corrected chi connectivity index (χ2v) is 4.38. The van der Waals surface area contributed by atoms with Gasteiger partial charge in [-0.3, -0.25) is 4.68 Å². The molecule has 0 saturated heterocycles. The van der Waals surface area contributed by atoms with Crippen LogP contribution < -0.4 is 5.32 Å². The molecule has 2 rings (SSSR count). The van der Waals surface area contributed by atoms with Crippen molar-refractivity contribution in [1.29, 1.82) is 0 Å². The van der Waals surface area contributed by atoms with Crippen LogP contribution in [0.3, 0.4) is 0 Å². The van der Waals surface area contributed by atoms with Crippen LogP contribution in [0.5, 0.6) is 0 Å². The Balaban J connectivity index is 1.71. The number of nitrogens with one attached hydrogen (secondary N) is 2. The van der Waals surface area contributed by atoms with E-state index < -0.39 is 0 Å². The first kappa shape index (κ1) is 11.9. The maximum Gasteiger partial charge on any atom is 0.107 e. The third-order valence-corrected chi connectivity index (χ3v) is 2.61. The number of H-pyrrole nitrogens is 1. The molecule has 0 saturated carbocycles. The summed E-state index contributed by atoms with van der Waals surface area (Å²) in [6.07, 6.45) is 8.56. The van der Waals surface area contributed by atoms with Gasteiger partial charge in [0.1, 0.15) is 5.82 Å². The predicted molar refractivity (Wildman–Crippen MR) is 66.6 cm³/mol. The van der Waals surface area contributed by atoms with Crippen LogP contribution >= 0.6 is 0 Å². The summed E-state index contributed by atoms with van der Waals surface area (Å²) in [6.45, 7) is 6.02. The van der Waals surface area contributed by atoms with Gasteiger partial charge in [0.05, 0.1) is 6.20 Å². The molecule has 0 radical (unpaired) electrons. The number of hydrogen-bond donors (Lipinski definition) is 2. The molecular weight excluding hydrogens is 214 g/mol. The summed E-state index contributed by atoms with van der Waals surface area (Å²) in [5.74, 6) is 1.02. The quantitative estimate of drug-likeness (QED) is 0.744. The van der Waals surface area contributed by atoms with Crippen molar-refractivity contribution >= 4 is 0 Å². The molecule has 2 aromatic rings. The molecule has 0 aliphatic rings. The zero-order valence-electron chi connectivity index (χ0n) is 10.3. The van der Waals surface area contributed by atoms with Crippen LogP contribution in [0.1, 0.15) is 31.3 Å². The molecule has 0 fully saturated rings. The van der Waals surface area contributed by atoms with Crippen molar-refractivity contribution in [3.63, 3.8) is 0 Å². The zero-order chi connectivity index (χ0) is 12.1. The normalized spacial score (nSPS) is 11.2. The largest absolute Gasteiger partial charge is 0.349 e. The minimum Gasteiger partial charge on any atom is -0.349 e. The van der Waals surface area contributed by atoms with Crippen molar-refractivity contribution in [2.24, 2.45) is 0 Å². The summed E-state index contributed by atoms with van der Waals surface area (Å²) < 4.78 is 1.98. The molecule has 0 unspecified atom stereocenters. The first-order valence-electron chi connectivity index (χ1n) is 5.97. The number of imidazole rings is 1. The van der Waals surface area contributed by atoms with Gasteiger partial charge in [-0.2, -0.15) is 5.10 Å². The van der Waals surface area contributed by atoms with Crippen molar-refractivity contribution < 1.29 is 0 Å². The Bertz CT molecular complexity index is 429. The van der Waals surface area contributed by atoms with Crippen LogP contribution in [0.25, 0.3) is 0 Å². The standard InChI is InChI=1S/C12H19N5/c1-10(2)17-9-11(8-16-17)7-13-4-3-12-14-5-6-15-12/h5-6,8-10,13H,3-4,7H2,1-2H3,(H,14,15). The van der Waals surface area contributed by atoms with E-state index in [0.29, 0.717) is 6.04 Å². The molecule has 5 heteroatoms. The molecule has 0 atom stereocenters. The lowest BCUT2D eigenvalue weighted by molar-refractivity contribution is 0.531. The summed E-state index contributed by atoms with van der Waals surface area (Å²) in [5, 5.41) is 7.68. The SMILES string of the molecule is CC(C)n1cc(CNCCc2ncc[nH]2)cn1. The van der Waals surface area contributed by atoms with Gasteiger partial charge in [0.2, 0.25) is 0 Å². The van der Waals surface area contributed by atoms with Crippen LogP contribution in [0.15, 0.2) is 24.8 Å². The Morgan fingerprint density at radius 2 is 2.35 bits per heavy atom. The van der Waals surface area contributed by atoms with Crippen LogP contribution in [0.4, 0.5) is 0 Å². The number of hydrogen-bond acceptors (Lipinski definition) is 3.